The highest BCUT2D eigenvalue weighted by Crippen LogP contribution is 2.35. The van der Waals surface area contributed by atoms with Crippen molar-refractivity contribution in [2.75, 3.05) is 0 Å². The van der Waals surface area contributed by atoms with E-state index in [-0.39, 0.29) is 17.0 Å². The molecular weight excluding hydrogens is 340 g/mol. The van der Waals surface area contributed by atoms with Crippen molar-refractivity contribution < 1.29 is 9.90 Å². The molecule has 1 N–H and O–H groups in total. The topological polar surface area (TPSA) is 54.6 Å². The second kappa shape index (κ2) is 6.89. The van der Waals surface area contributed by atoms with Gasteiger partial charge in [-0.3, -0.25) is 4.99 Å². The quantitative estimate of drug-likeness (QED) is 0.833. The van der Waals surface area contributed by atoms with Gasteiger partial charge in [-0.15, -0.1) is 28.3 Å². The van der Waals surface area contributed by atoms with Gasteiger partial charge in [-0.25, -0.2) is 4.79 Å². The van der Waals surface area contributed by atoms with Crippen molar-refractivity contribution in [3.05, 3.63) is 15.9 Å². The van der Waals surface area contributed by atoms with Crippen molar-refractivity contribution in [3.63, 3.8) is 0 Å². The zero-order valence-electron chi connectivity index (χ0n) is 11.5. The average Bonchev–Trinajstić information content (AvgIpc) is 3.16. The molecule has 0 amide bonds. The first-order chi connectivity index (χ1) is 9.25. The molecule has 1 aromatic rings. The molecule has 2 aliphatic carbocycles. The first-order valence-corrected chi connectivity index (χ1v) is 8.11. The van der Waals surface area contributed by atoms with Crippen molar-refractivity contribution in [2.24, 2.45) is 4.99 Å². The number of hydrogen-bond donors (Lipinski definition) is 1. The molecule has 3 rings (SSSR count). The Bertz CT molecular complexity index is 526. The van der Waals surface area contributed by atoms with E-state index in [4.69, 9.17) is 4.99 Å². The molecule has 0 spiro atoms. The van der Waals surface area contributed by atoms with Crippen molar-refractivity contribution in [2.45, 2.75) is 63.5 Å². The van der Waals surface area contributed by atoms with Crippen molar-refractivity contribution in [1.82, 2.24) is 4.57 Å². The normalized spacial score (nSPS) is 21.3. The van der Waals surface area contributed by atoms with Crippen molar-refractivity contribution >= 4 is 34.3 Å². The van der Waals surface area contributed by atoms with Gasteiger partial charge in [-0.2, -0.15) is 0 Å². The van der Waals surface area contributed by atoms with Gasteiger partial charge in [-0.1, -0.05) is 25.7 Å². The molecule has 0 bridgehead atoms. The second-order valence-corrected chi connectivity index (χ2v) is 6.42. The second-order valence-electron chi connectivity index (χ2n) is 5.58. The highest BCUT2D eigenvalue weighted by molar-refractivity contribution is 8.93. The lowest BCUT2D eigenvalue weighted by Crippen LogP contribution is -2.21. The molecule has 0 radical (unpaired) electrons. The van der Waals surface area contributed by atoms with Crippen LogP contribution >= 0.6 is 28.3 Å². The molecule has 0 atom stereocenters. The number of halogens is 1. The Morgan fingerprint density at radius 3 is 2.40 bits per heavy atom. The minimum atomic E-state index is -0.828. The van der Waals surface area contributed by atoms with Crippen LogP contribution in [-0.2, 0) is 0 Å². The predicted octanol–water partition coefficient (Wildman–Crippen LogP) is 3.78. The molecule has 0 aliphatic heterocycles. The number of aromatic carboxylic acids is 1. The largest absolute Gasteiger partial charge is 0.477 e. The number of hydrogen-bond acceptors (Lipinski definition) is 3. The third kappa shape index (κ3) is 3.52. The average molecular weight is 361 g/mol. The molecule has 2 fully saturated rings. The third-order valence-electron chi connectivity index (χ3n) is 3.99. The molecule has 0 unspecified atom stereocenters. The maximum Gasteiger partial charge on any atom is 0.353 e. The van der Waals surface area contributed by atoms with E-state index < -0.39 is 5.97 Å². The predicted molar refractivity (Wildman–Crippen MR) is 84.9 cm³/mol. The summed E-state index contributed by atoms with van der Waals surface area (Å²) in [6.07, 6.45) is 9.65. The highest BCUT2D eigenvalue weighted by atomic mass is 79.9. The molecule has 20 heavy (non-hydrogen) atoms. The molecular formula is C14H21BrN2O2S. The van der Waals surface area contributed by atoms with E-state index in [1.807, 2.05) is 4.57 Å². The Morgan fingerprint density at radius 1 is 1.20 bits per heavy atom. The van der Waals surface area contributed by atoms with E-state index in [0.29, 0.717) is 17.8 Å². The summed E-state index contributed by atoms with van der Waals surface area (Å²) in [4.78, 5) is 17.0. The van der Waals surface area contributed by atoms with Gasteiger partial charge in [0.2, 0.25) is 0 Å². The van der Waals surface area contributed by atoms with Gasteiger partial charge in [0.05, 0.1) is 6.04 Å². The Labute approximate surface area is 133 Å². The number of carbonyl (C=O) groups is 1. The summed E-state index contributed by atoms with van der Waals surface area (Å²) in [7, 11) is 0. The minimum absolute atomic E-state index is 0. The van der Waals surface area contributed by atoms with Crippen LogP contribution in [0.5, 0.6) is 0 Å². The Hall–Kier alpha value is -0.620. The lowest BCUT2D eigenvalue weighted by molar-refractivity contribution is 0.0684. The van der Waals surface area contributed by atoms with Crippen LogP contribution in [0.15, 0.2) is 10.4 Å². The summed E-state index contributed by atoms with van der Waals surface area (Å²) >= 11 is 1.49. The summed E-state index contributed by atoms with van der Waals surface area (Å²) < 4.78 is 1.96. The molecule has 2 saturated carbocycles. The fourth-order valence-corrected chi connectivity index (χ4v) is 3.80. The molecule has 1 heterocycles. The zero-order chi connectivity index (χ0) is 13.2. The van der Waals surface area contributed by atoms with Crippen LogP contribution in [0.25, 0.3) is 0 Å². The first-order valence-electron chi connectivity index (χ1n) is 7.23. The van der Waals surface area contributed by atoms with Crippen LogP contribution in [0.1, 0.15) is 67.9 Å². The summed E-state index contributed by atoms with van der Waals surface area (Å²) in [6.45, 7) is 0. The highest BCUT2D eigenvalue weighted by Gasteiger charge is 2.29. The molecule has 0 saturated heterocycles. The van der Waals surface area contributed by atoms with Gasteiger partial charge in [0, 0.05) is 11.4 Å². The van der Waals surface area contributed by atoms with Gasteiger partial charge in [0.1, 0.15) is 5.69 Å². The lowest BCUT2D eigenvalue weighted by atomic mass is 10.1. The van der Waals surface area contributed by atoms with Crippen molar-refractivity contribution in [1.29, 1.82) is 0 Å². The fraction of sp³-hybridized carbons (Fsp3) is 0.714. The fourth-order valence-electron chi connectivity index (χ4n) is 2.80. The Kier molecular flexibility index (Phi) is 5.43. The van der Waals surface area contributed by atoms with E-state index in [9.17, 15) is 9.90 Å². The molecule has 4 nitrogen and oxygen atoms in total. The van der Waals surface area contributed by atoms with Gasteiger partial charge in [-0.05, 0) is 25.7 Å². The minimum Gasteiger partial charge on any atom is -0.477 e. The van der Waals surface area contributed by atoms with Gasteiger partial charge < -0.3 is 9.67 Å². The zero-order valence-corrected chi connectivity index (χ0v) is 14.0. The Balaban J connectivity index is 0.00000147. The van der Waals surface area contributed by atoms with E-state index >= 15 is 0 Å². The number of rotatable bonds is 3. The van der Waals surface area contributed by atoms with Gasteiger partial charge in [0.25, 0.3) is 0 Å². The van der Waals surface area contributed by atoms with E-state index in [0.717, 1.165) is 30.5 Å². The SMILES string of the molecule is Br.O=C(O)c1csc(=NC2CCCCCC2)n1C1CC1. The van der Waals surface area contributed by atoms with Crippen LogP contribution in [0.2, 0.25) is 0 Å². The maximum atomic E-state index is 11.3. The molecule has 2 aliphatic rings. The Morgan fingerprint density at radius 2 is 1.85 bits per heavy atom. The van der Waals surface area contributed by atoms with Crippen LogP contribution in [0.4, 0.5) is 0 Å². The molecule has 6 heteroatoms. The van der Waals surface area contributed by atoms with Crippen LogP contribution in [0.3, 0.4) is 0 Å². The maximum absolute atomic E-state index is 11.3. The van der Waals surface area contributed by atoms with E-state index in [1.54, 1.807) is 5.38 Å². The number of carboxylic acid groups (broad SMARTS) is 1. The monoisotopic (exact) mass is 360 g/mol. The van der Waals surface area contributed by atoms with E-state index in [2.05, 4.69) is 0 Å². The smallest absolute Gasteiger partial charge is 0.353 e. The molecule has 0 aromatic carbocycles. The molecule has 1 aromatic heterocycles. The van der Waals surface area contributed by atoms with Gasteiger partial charge >= 0.3 is 5.97 Å². The van der Waals surface area contributed by atoms with Crippen LogP contribution < -0.4 is 4.80 Å². The summed E-state index contributed by atoms with van der Waals surface area (Å²) in [5, 5.41) is 11.0. The van der Waals surface area contributed by atoms with Crippen LogP contribution in [-0.4, -0.2) is 21.7 Å². The third-order valence-corrected chi connectivity index (χ3v) is 4.84. The lowest BCUT2D eigenvalue weighted by Gasteiger charge is -2.08. The van der Waals surface area contributed by atoms with Crippen molar-refractivity contribution in [3.8, 4) is 0 Å². The number of nitrogens with zero attached hydrogens (tertiary/aromatic N) is 2. The van der Waals surface area contributed by atoms with E-state index in [1.165, 1.54) is 37.0 Å². The molecule has 112 valence electrons. The standard InChI is InChI=1S/C14H20N2O2S.BrH/c17-13(18)12-9-19-14(16(12)11-7-8-11)15-10-5-3-1-2-4-6-10;/h9-11H,1-8H2,(H,17,18);1H. The number of carboxylic acids is 1. The number of aromatic nitrogens is 1. The van der Waals surface area contributed by atoms with Crippen LogP contribution in [0, 0.1) is 0 Å². The summed E-state index contributed by atoms with van der Waals surface area (Å²) in [5.74, 6) is -0.828. The first kappa shape index (κ1) is 15.8. The number of thiazole rings is 1. The van der Waals surface area contributed by atoms with Gasteiger partial charge in [0.15, 0.2) is 4.80 Å². The summed E-state index contributed by atoms with van der Waals surface area (Å²) in [6, 6.07) is 0.773. The summed E-state index contributed by atoms with van der Waals surface area (Å²) in [5.41, 5.74) is 0.417.